The Labute approximate surface area is 120 Å². The third kappa shape index (κ3) is 3.83. The first-order valence-electron chi connectivity index (χ1n) is 6.81. The maximum Gasteiger partial charge on any atom is 0.118 e. The standard InChI is InChI=1S/C17H21NO2/c1-13(14-8-10-16(20-2)11-9-14)18-12-17(19)15-6-4-3-5-7-15/h3-11,13,17-19H,12H2,1-2H3/t13-,17?/m1/s1. The highest BCUT2D eigenvalue weighted by Crippen LogP contribution is 2.18. The summed E-state index contributed by atoms with van der Waals surface area (Å²) in [6.45, 7) is 2.61. The molecular formula is C17H21NO2. The van der Waals surface area contributed by atoms with Gasteiger partial charge in [-0.2, -0.15) is 0 Å². The molecule has 0 amide bonds. The van der Waals surface area contributed by atoms with Gasteiger partial charge in [0.1, 0.15) is 5.75 Å². The molecule has 2 aromatic rings. The summed E-state index contributed by atoms with van der Waals surface area (Å²) in [5, 5.41) is 13.5. The van der Waals surface area contributed by atoms with Crippen molar-refractivity contribution in [2.45, 2.75) is 19.1 Å². The van der Waals surface area contributed by atoms with Gasteiger partial charge in [0.2, 0.25) is 0 Å². The Hall–Kier alpha value is -1.84. The third-order valence-corrected chi connectivity index (χ3v) is 3.42. The molecule has 0 bridgehead atoms. The molecule has 0 aliphatic carbocycles. The molecule has 0 fully saturated rings. The van der Waals surface area contributed by atoms with Crippen molar-refractivity contribution < 1.29 is 9.84 Å². The van der Waals surface area contributed by atoms with Crippen molar-refractivity contribution in [3.05, 3.63) is 65.7 Å². The summed E-state index contributed by atoms with van der Waals surface area (Å²) in [5.41, 5.74) is 2.10. The van der Waals surface area contributed by atoms with E-state index in [9.17, 15) is 5.11 Å². The summed E-state index contributed by atoms with van der Waals surface area (Å²) >= 11 is 0. The zero-order chi connectivity index (χ0) is 14.4. The average molecular weight is 271 g/mol. The van der Waals surface area contributed by atoms with Crippen molar-refractivity contribution in [2.24, 2.45) is 0 Å². The number of benzene rings is 2. The minimum atomic E-state index is -0.489. The predicted molar refractivity (Wildman–Crippen MR) is 80.8 cm³/mol. The van der Waals surface area contributed by atoms with Gasteiger partial charge in [0, 0.05) is 12.6 Å². The van der Waals surface area contributed by atoms with E-state index < -0.39 is 6.10 Å². The number of hydrogen-bond acceptors (Lipinski definition) is 3. The molecule has 2 rings (SSSR count). The van der Waals surface area contributed by atoms with Crippen LogP contribution in [0.25, 0.3) is 0 Å². The summed E-state index contributed by atoms with van der Waals surface area (Å²) in [7, 11) is 1.66. The Morgan fingerprint density at radius 1 is 1.00 bits per heavy atom. The molecule has 1 unspecified atom stereocenters. The minimum absolute atomic E-state index is 0.180. The van der Waals surface area contributed by atoms with E-state index in [1.807, 2.05) is 54.6 Å². The van der Waals surface area contributed by atoms with Crippen molar-refractivity contribution in [3.63, 3.8) is 0 Å². The van der Waals surface area contributed by atoms with E-state index in [1.54, 1.807) is 7.11 Å². The molecule has 0 aromatic heterocycles. The largest absolute Gasteiger partial charge is 0.497 e. The molecule has 0 aliphatic rings. The lowest BCUT2D eigenvalue weighted by Crippen LogP contribution is -2.24. The quantitative estimate of drug-likeness (QED) is 0.848. The van der Waals surface area contributed by atoms with E-state index >= 15 is 0 Å². The lowest BCUT2D eigenvalue weighted by atomic mass is 10.1. The second kappa shape index (κ2) is 7.08. The summed E-state index contributed by atoms with van der Waals surface area (Å²) in [6.07, 6.45) is -0.489. The van der Waals surface area contributed by atoms with Crippen LogP contribution >= 0.6 is 0 Å². The van der Waals surface area contributed by atoms with E-state index in [1.165, 1.54) is 5.56 Å². The number of methoxy groups -OCH3 is 1. The topological polar surface area (TPSA) is 41.5 Å². The third-order valence-electron chi connectivity index (χ3n) is 3.42. The Morgan fingerprint density at radius 3 is 2.25 bits per heavy atom. The molecule has 0 saturated heterocycles. The average Bonchev–Trinajstić information content (AvgIpc) is 2.53. The summed E-state index contributed by atoms with van der Waals surface area (Å²) in [6, 6.07) is 17.8. The first-order valence-corrected chi connectivity index (χ1v) is 6.81. The van der Waals surface area contributed by atoms with Crippen molar-refractivity contribution in [1.82, 2.24) is 5.32 Å². The number of ether oxygens (including phenoxy) is 1. The van der Waals surface area contributed by atoms with Crippen LogP contribution in [0.2, 0.25) is 0 Å². The molecule has 0 radical (unpaired) electrons. The molecule has 0 spiro atoms. The van der Waals surface area contributed by atoms with Crippen molar-refractivity contribution in [2.75, 3.05) is 13.7 Å². The van der Waals surface area contributed by atoms with E-state index in [0.717, 1.165) is 11.3 Å². The van der Waals surface area contributed by atoms with Crippen LogP contribution in [-0.4, -0.2) is 18.8 Å². The fourth-order valence-corrected chi connectivity index (χ4v) is 2.09. The summed E-state index contributed by atoms with van der Waals surface area (Å²) < 4.78 is 5.14. The van der Waals surface area contributed by atoms with E-state index in [4.69, 9.17) is 4.74 Å². The zero-order valence-corrected chi connectivity index (χ0v) is 11.9. The molecule has 0 heterocycles. The second-order valence-electron chi connectivity index (χ2n) is 4.83. The van der Waals surface area contributed by atoms with Crippen LogP contribution < -0.4 is 10.1 Å². The van der Waals surface area contributed by atoms with Gasteiger partial charge >= 0.3 is 0 Å². The molecule has 106 valence electrons. The van der Waals surface area contributed by atoms with Gasteiger partial charge in [-0.1, -0.05) is 42.5 Å². The van der Waals surface area contributed by atoms with Gasteiger partial charge in [0.05, 0.1) is 13.2 Å². The smallest absolute Gasteiger partial charge is 0.118 e. The maximum atomic E-state index is 10.1. The van der Waals surface area contributed by atoms with Crippen LogP contribution in [0, 0.1) is 0 Å². The minimum Gasteiger partial charge on any atom is -0.497 e. The van der Waals surface area contributed by atoms with Gasteiger partial charge in [0.25, 0.3) is 0 Å². The molecular weight excluding hydrogens is 250 g/mol. The molecule has 0 aliphatic heterocycles. The predicted octanol–water partition coefficient (Wildman–Crippen LogP) is 3.08. The van der Waals surface area contributed by atoms with Crippen molar-refractivity contribution in [1.29, 1.82) is 0 Å². The number of nitrogens with one attached hydrogen (secondary N) is 1. The van der Waals surface area contributed by atoms with E-state index in [-0.39, 0.29) is 6.04 Å². The molecule has 3 heteroatoms. The molecule has 20 heavy (non-hydrogen) atoms. The zero-order valence-electron chi connectivity index (χ0n) is 11.9. The first kappa shape index (κ1) is 14.6. The molecule has 2 N–H and O–H groups in total. The molecule has 2 atom stereocenters. The first-order chi connectivity index (χ1) is 9.70. The number of rotatable bonds is 6. The summed E-state index contributed by atoms with van der Waals surface area (Å²) in [5.74, 6) is 0.852. The highest BCUT2D eigenvalue weighted by atomic mass is 16.5. The van der Waals surface area contributed by atoms with Gasteiger partial charge in [-0.05, 0) is 30.2 Å². The van der Waals surface area contributed by atoms with Gasteiger partial charge in [-0.15, -0.1) is 0 Å². The SMILES string of the molecule is COc1ccc([C@@H](C)NCC(O)c2ccccc2)cc1. The molecule has 2 aromatic carbocycles. The monoisotopic (exact) mass is 271 g/mol. The van der Waals surface area contributed by atoms with Gasteiger partial charge < -0.3 is 15.2 Å². The van der Waals surface area contributed by atoms with Crippen LogP contribution in [0.5, 0.6) is 5.75 Å². The Morgan fingerprint density at radius 2 is 1.65 bits per heavy atom. The molecule has 0 saturated carbocycles. The lowest BCUT2D eigenvalue weighted by Gasteiger charge is -2.18. The van der Waals surface area contributed by atoms with Crippen molar-refractivity contribution in [3.8, 4) is 5.75 Å². The van der Waals surface area contributed by atoms with E-state index in [0.29, 0.717) is 6.54 Å². The van der Waals surface area contributed by atoms with Crippen LogP contribution in [0.1, 0.15) is 30.2 Å². The Balaban J connectivity index is 1.89. The highest BCUT2D eigenvalue weighted by Gasteiger charge is 2.10. The lowest BCUT2D eigenvalue weighted by molar-refractivity contribution is 0.171. The Kier molecular flexibility index (Phi) is 5.16. The normalized spacial score (nSPS) is 13.8. The van der Waals surface area contributed by atoms with Crippen LogP contribution in [0.3, 0.4) is 0 Å². The van der Waals surface area contributed by atoms with Gasteiger partial charge in [-0.3, -0.25) is 0 Å². The number of aliphatic hydroxyl groups is 1. The molecule has 3 nitrogen and oxygen atoms in total. The number of hydrogen-bond donors (Lipinski definition) is 2. The van der Waals surface area contributed by atoms with Crippen LogP contribution in [0.15, 0.2) is 54.6 Å². The van der Waals surface area contributed by atoms with Gasteiger partial charge in [0.15, 0.2) is 0 Å². The second-order valence-corrected chi connectivity index (χ2v) is 4.83. The van der Waals surface area contributed by atoms with E-state index in [2.05, 4.69) is 12.2 Å². The summed E-state index contributed by atoms with van der Waals surface area (Å²) in [4.78, 5) is 0. The highest BCUT2D eigenvalue weighted by molar-refractivity contribution is 5.28. The Bertz CT molecular complexity index is 510. The number of aliphatic hydroxyl groups excluding tert-OH is 1. The van der Waals surface area contributed by atoms with Crippen molar-refractivity contribution >= 4 is 0 Å². The van der Waals surface area contributed by atoms with Gasteiger partial charge in [-0.25, -0.2) is 0 Å². The maximum absolute atomic E-state index is 10.1. The fraction of sp³-hybridized carbons (Fsp3) is 0.294. The van der Waals surface area contributed by atoms with Crippen LogP contribution in [0.4, 0.5) is 0 Å². The van der Waals surface area contributed by atoms with Crippen LogP contribution in [-0.2, 0) is 0 Å². The fourth-order valence-electron chi connectivity index (χ4n) is 2.09.